The zero-order chi connectivity index (χ0) is 21.8. The van der Waals surface area contributed by atoms with Crippen molar-refractivity contribution >= 4 is 22.6 Å². The molecule has 0 bridgehead atoms. The number of hydrogen-bond acceptors (Lipinski definition) is 7. The van der Waals surface area contributed by atoms with Crippen molar-refractivity contribution in [1.82, 2.24) is 30.5 Å². The molecule has 0 unspecified atom stereocenters. The van der Waals surface area contributed by atoms with Gasteiger partial charge in [-0.3, -0.25) is 4.79 Å². The van der Waals surface area contributed by atoms with Crippen LogP contribution in [0.25, 0.3) is 28.0 Å². The third-order valence-electron chi connectivity index (χ3n) is 4.88. The van der Waals surface area contributed by atoms with E-state index in [4.69, 9.17) is 4.52 Å². The normalized spacial score (nSPS) is 10.9. The highest BCUT2D eigenvalue weighted by atomic mass is 16.5. The predicted molar refractivity (Wildman–Crippen MR) is 119 cm³/mol. The molecule has 0 saturated heterocycles. The van der Waals surface area contributed by atoms with Crippen LogP contribution in [0, 0.1) is 0 Å². The number of benzene rings is 2. The zero-order valence-corrected chi connectivity index (χ0v) is 17.0. The lowest BCUT2D eigenvalue weighted by Crippen LogP contribution is -2.28. The first-order valence-electron chi connectivity index (χ1n) is 10.1. The Hall–Kier alpha value is -4.53. The molecule has 0 atom stereocenters. The first-order chi connectivity index (χ1) is 15.8. The van der Waals surface area contributed by atoms with Crippen LogP contribution in [0.3, 0.4) is 0 Å². The van der Waals surface area contributed by atoms with Crippen LogP contribution in [0.4, 0.5) is 5.82 Å². The molecule has 9 nitrogen and oxygen atoms in total. The number of carbonyl (C=O) groups is 1. The van der Waals surface area contributed by atoms with Gasteiger partial charge < -0.3 is 15.2 Å². The number of carbonyl (C=O) groups excluding carboxylic acids is 1. The number of hydrogen-bond donors (Lipinski definition) is 2. The summed E-state index contributed by atoms with van der Waals surface area (Å²) in [5, 5.41) is 23.3. The second-order valence-electron chi connectivity index (χ2n) is 7.02. The summed E-state index contributed by atoms with van der Waals surface area (Å²) in [4.78, 5) is 12.6. The summed E-state index contributed by atoms with van der Waals surface area (Å²) in [6, 6.07) is 20.5. The lowest BCUT2D eigenvalue weighted by atomic mass is 10.1. The van der Waals surface area contributed by atoms with Crippen molar-refractivity contribution in [2.24, 2.45) is 0 Å². The molecule has 0 aliphatic rings. The summed E-state index contributed by atoms with van der Waals surface area (Å²) < 4.78 is 7.14. The number of nitrogens with one attached hydrogen (secondary N) is 2. The Morgan fingerprint density at radius 3 is 2.66 bits per heavy atom. The van der Waals surface area contributed by atoms with Gasteiger partial charge >= 0.3 is 0 Å². The molecule has 5 aromatic rings. The average molecular weight is 425 g/mol. The van der Waals surface area contributed by atoms with Gasteiger partial charge in [0.15, 0.2) is 11.6 Å². The van der Waals surface area contributed by atoms with Crippen molar-refractivity contribution in [3.05, 3.63) is 84.7 Å². The Kier molecular flexibility index (Phi) is 5.27. The smallest absolute Gasteiger partial charge is 0.251 e. The van der Waals surface area contributed by atoms with Crippen molar-refractivity contribution < 1.29 is 9.32 Å². The molecule has 0 aliphatic heterocycles. The molecule has 3 aromatic heterocycles. The summed E-state index contributed by atoms with van der Waals surface area (Å²) in [6.07, 6.45) is 3.48. The minimum absolute atomic E-state index is 0.172. The second kappa shape index (κ2) is 8.68. The van der Waals surface area contributed by atoms with Gasteiger partial charge in [0.2, 0.25) is 0 Å². The zero-order valence-electron chi connectivity index (χ0n) is 17.0. The Balaban J connectivity index is 1.19. The van der Waals surface area contributed by atoms with Gasteiger partial charge in [-0.15, -0.1) is 10.2 Å². The van der Waals surface area contributed by atoms with Crippen LogP contribution in [0.1, 0.15) is 10.4 Å². The molecule has 2 N–H and O–H groups in total. The van der Waals surface area contributed by atoms with Crippen molar-refractivity contribution in [1.29, 1.82) is 0 Å². The molecule has 5 rings (SSSR count). The van der Waals surface area contributed by atoms with Crippen LogP contribution in [0.5, 0.6) is 0 Å². The molecule has 0 aliphatic carbocycles. The van der Waals surface area contributed by atoms with E-state index in [9.17, 15) is 4.79 Å². The standard InChI is InChI=1S/C23H19N7O2/c31-23(25-13-12-24-20-9-10-21(28-27-20)30-14-4-11-26-30)17-7-8-19-18(15-17)22(32-29-19)16-5-2-1-3-6-16/h1-11,14-15H,12-13H2,(H,24,27)(H,25,31). The van der Waals surface area contributed by atoms with Crippen molar-refractivity contribution in [2.75, 3.05) is 18.4 Å². The van der Waals surface area contributed by atoms with E-state index in [0.717, 1.165) is 10.9 Å². The van der Waals surface area contributed by atoms with Gasteiger partial charge in [-0.2, -0.15) is 5.10 Å². The van der Waals surface area contributed by atoms with E-state index in [-0.39, 0.29) is 5.91 Å². The summed E-state index contributed by atoms with van der Waals surface area (Å²) in [5.41, 5.74) is 2.16. The van der Waals surface area contributed by atoms with Crippen LogP contribution < -0.4 is 10.6 Å². The highest BCUT2D eigenvalue weighted by molar-refractivity contribution is 6.00. The van der Waals surface area contributed by atoms with E-state index in [1.54, 1.807) is 35.3 Å². The summed E-state index contributed by atoms with van der Waals surface area (Å²) in [7, 11) is 0. The van der Waals surface area contributed by atoms with Crippen LogP contribution in [-0.2, 0) is 0 Å². The van der Waals surface area contributed by atoms with E-state index < -0.39 is 0 Å². The van der Waals surface area contributed by atoms with E-state index in [0.29, 0.717) is 41.6 Å². The fraction of sp³-hybridized carbons (Fsp3) is 0.0870. The van der Waals surface area contributed by atoms with Crippen LogP contribution in [0.2, 0.25) is 0 Å². The lowest BCUT2D eigenvalue weighted by Gasteiger charge is -2.08. The number of rotatable bonds is 7. The molecule has 0 spiro atoms. The molecule has 3 heterocycles. The lowest BCUT2D eigenvalue weighted by molar-refractivity contribution is 0.0955. The Labute approximate surface area is 183 Å². The minimum Gasteiger partial charge on any atom is -0.367 e. The first-order valence-corrected chi connectivity index (χ1v) is 10.1. The largest absolute Gasteiger partial charge is 0.367 e. The maximum Gasteiger partial charge on any atom is 0.251 e. The summed E-state index contributed by atoms with van der Waals surface area (Å²) >= 11 is 0. The molecule has 32 heavy (non-hydrogen) atoms. The maximum absolute atomic E-state index is 12.6. The minimum atomic E-state index is -0.172. The molecule has 0 fully saturated rings. The van der Waals surface area contributed by atoms with Crippen LogP contribution in [0.15, 0.2) is 83.6 Å². The van der Waals surface area contributed by atoms with E-state index in [2.05, 4.69) is 31.1 Å². The van der Waals surface area contributed by atoms with Gasteiger partial charge in [0.25, 0.3) is 5.91 Å². The van der Waals surface area contributed by atoms with Gasteiger partial charge in [-0.25, -0.2) is 4.68 Å². The second-order valence-corrected chi connectivity index (χ2v) is 7.02. The molecule has 1 amide bonds. The molecule has 0 saturated carbocycles. The quantitative estimate of drug-likeness (QED) is 0.385. The van der Waals surface area contributed by atoms with Crippen molar-refractivity contribution in [3.8, 4) is 17.1 Å². The highest BCUT2D eigenvalue weighted by Crippen LogP contribution is 2.29. The molecule has 158 valence electrons. The van der Waals surface area contributed by atoms with E-state index in [1.807, 2.05) is 48.5 Å². The number of anilines is 1. The topological polar surface area (TPSA) is 111 Å². The number of amides is 1. The molecular formula is C23H19N7O2. The fourth-order valence-electron chi connectivity index (χ4n) is 3.30. The Bertz CT molecular complexity index is 1330. The van der Waals surface area contributed by atoms with Gasteiger partial charge in [0, 0.05) is 36.6 Å². The van der Waals surface area contributed by atoms with E-state index >= 15 is 0 Å². The predicted octanol–water partition coefficient (Wildman–Crippen LogP) is 3.31. The van der Waals surface area contributed by atoms with Gasteiger partial charge in [0.1, 0.15) is 11.3 Å². The monoisotopic (exact) mass is 425 g/mol. The van der Waals surface area contributed by atoms with Gasteiger partial charge in [-0.05, 0) is 36.4 Å². The van der Waals surface area contributed by atoms with Gasteiger partial charge in [-0.1, -0.05) is 35.5 Å². The number of fused-ring (bicyclic) bond motifs is 1. The number of aromatic nitrogens is 5. The first kappa shape index (κ1) is 19.4. The maximum atomic E-state index is 12.6. The Morgan fingerprint density at radius 1 is 0.969 bits per heavy atom. The molecule has 0 radical (unpaired) electrons. The summed E-state index contributed by atoms with van der Waals surface area (Å²) in [5.74, 6) is 1.73. The number of nitrogens with zero attached hydrogens (tertiary/aromatic N) is 5. The molecular weight excluding hydrogens is 406 g/mol. The third kappa shape index (κ3) is 4.04. The third-order valence-corrected chi connectivity index (χ3v) is 4.88. The van der Waals surface area contributed by atoms with Crippen LogP contribution in [-0.4, -0.2) is 44.1 Å². The summed E-state index contributed by atoms with van der Waals surface area (Å²) in [6.45, 7) is 0.931. The van der Waals surface area contributed by atoms with Crippen molar-refractivity contribution in [3.63, 3.8) is 0 Å². The van der Waals surface area contributed by atoms with E-state index in [1.165, 1.54) is 0 Å². The fourth-order valence-corrected chi connectivity index (χ4v) is 3.30. The highest BCUT2D eigenvalue weighted by Gasteiger charge is 2.13. The van der Waals surface area contributed by atoms with Crippen molar-refractivity contribution in [2.45, 2.75) is 0 Å². The Morgan fingerprint density at radius 2 is 1.88 bits per heavy atom. The SMILES string of the molecule is O=C(NCCNc1ccc(-n2cccn2)nn1)c1ccc2noc(-c3ccccc3)c2c1. The molecule has 2 aromatic carbocycles. The van der Waals surface area contributed by atoms with Gasteiger partial charge in [0.05, 0.1) is 5.39 Å². The molecule has 9 heteroatoms. The van der Waals surface area contributed by atoms with Crippen LogP contribution >= 0.6 is 0 Å². The average Bonchev–Trinajstić information content (AvgIpc) is 3.53.